The van der Waals surface area contributed by atoms with Crippen LogP contribution in [0.25, 0.3) is 11.1 Å². The van der Waals surface area contributed by atoms with Crippen molar-refractivity contribution in [3.05, 3.63) is 42.7 Å². The van der Waals surface area contributed by atoms with Crippen molar-refractivity contribution in [2.45, 2.75) is 32.4 Å². The van der Waals surface area contributed by atoms with Crippen molar-refractivity contribution >= 4 is 0 Å². The van der Waals surface area contributed by atoms with Crippen LogP contribution in [0.1, 0.15) is 19.8 Å². The van der Waals surface area contributed by atoms with E-state index in [1.54, 1.807) is 0 Å². The SMILES string of the molecule is CCNC(Cn1cc(-c2ccccc2)cn1)C1CC1. The quantitative estimate of drug-likeness (QED) is 0.860. The fourth-order valence-corrected chi connectivity index (χ4v) is 2.59. The van der Waals surface area contributed by atoms with Gasteiger partial charge >= 0.3 is 0 Å². The Balaban J connectivity index is 1.70. The van der Waals surface area contributed by atoms with Gasteiger partial charge in [0.05, 0.1) is 12.7 Å². The van der Waals surface area contributed by atoms with Crippen LogP contribution in [0.2, 0.25) is 0 Å². The summed E-state index contributed by atoms with van der Waals surface area (Å²) in [5.41, 5.74) is 2.44. The van der Waals surface area contributed by atoms with Gasteiger partial charge < -0.3 is 5.32 Å². The van der Waals surface area contributed by atoms with Gasteiger partial charge in [-0.1, -0.05) is 37.3 Å². The predicted octanol–water partition coefficient (Wildman–Crippen LogP) is 2.94. The molecule has 1 aromatic heterocycles. The summed E-state index contributed by atoms with van der Waals surface area (Å²) >= 11 is 0. The Morgan fingerprint density at radius 1 is 1.26 bits per heavy atom. The van der Waals surface area contributed by atoms with Gasteiger partial charge in [0.1, 0.15) is 0 Å². The number of likely N-dealkylation sites (N-methyl/N-ethyl adjacent to an activating group) is 1. The lowest BCUT2D eigenvalue weighted by atomic mass is 10.1. The third-order valence-electron chi connectivity index (χ3n) is 3.78. The molecule has 3 rings (SSSR count). The molecule has 0 bridgehead atoms. The zero-order valence-corrected chi connectivity index (χ0v) is 11.4. The van der Waals surface area contributed by atoms with E-state index >= 15 is 0 Å². The minimum Gasteiger partial charge on any atom is -0.312 e. The molecular weight excluding hydrogens is 234 g/mol. The van der Waals surface area contributed by atoms with Crippen molar-refractivity contribution in [1.29, 1.82) is 0 Å². The van der Waals surface area contributed by atoms with Crippen LogP contribution in [0.15, 0.2) is 42.7 Å². The Kier molecular flexibility index (Phi) is 3.65. The number of hydrogen-bond donors (Lipinski definition) is 1. The first-order valence-corrected chi connectivity index (χ1v) is 7.18. The van der Waals surface area contributed by atoms with Crippen molar-refractivity contribution in [3.63, 3.8) is 0 Å². The van der Waals surface area contributed by atoms with E-state index in [4.69, 9.17) is 0 Å². The van der Waals surface area contributed by atoms with Crippen LogP contribution in [-0.2, 0) is 6.54 Å². The first-order valence-electron chi connectivity index (χ1n) is 7.18. The minimum absolute atomic E-state index is 0.577. The molecule has 1 heterocycles. The van der Waals surface area contributed by atoms with Gasteiger partial charge in [-0.15, -0.1) is 0 Å². The van der Waals surface area contributed by atoms with E-state index in [9.17, 15) is 0 Å². The number of rotatable bonds is 6. The number of benzene rings is 1. The van der Waals surface area contributed by atoms with Crippen molar-refractivity contribution < 1.29 is 0 Å². The highest BCUT2D eigenvalue weighted by atomic mass is 15.3. The summed E-state index contributed by atoms with van der Waals surface area (Å²) in [6, 6.07) is 11.0. The molecule has 1 aliphatic rings. The molecule has 3 nitrogen and oxygen atoms in total. The molecule has 3 heteroatoms. The molecule has 1 saturated carbocycles. The zero-order valence-electron chi connectivity index (χ0n) is 11.4. The highest BCUT2D eigenvalue weighted by molar-refractivity contribution is 5.61. The summed E-state index contributed by atoms with van der Waals surface area (Å²) in [4.78, 5) is 0. The van der Waals surface area contributed by atoms with E-state index < -0.39 is 0 Å². The molecule has 1 aliphatic carbocycles. The molecule has 1 N–H and O–H groups in total. The van der Waals surface area contributed by atoms with Gasteiger partial charge in [-0.05, 0) is 30.9 Å². The zero-order chi connectivity index (χ0) is 13.1. The fraction of sp³-hybridized carbons (Fsp3) is 0.438. The van der Waals surface area contributed by atoms with Crippen LogP contribution < -0.4 is 5.32 Å². The summed E-state index contributed by atoms with van der Waals surface area (Å²) in [6.45, 7) is 4.19. The lowest BCUT2D eigenvalue weighted by Gasteiger charge is -2.16. The Hall–Kier alpha value is -1.61. The summed E-state index contributed by atoms with van der Waals surface area (Å²) < 4.78 is 2.08. The molecule has 19 heavy (non-hydrogen) atoms. The van der Waals surface area contributed by atoms with Crippen LogP contribution in [0.5, 0.6) is 0 Å². The molecule has 100 valence electrons. The van der Waals surface area contributed by atoms with Gasteiger partial charge in [-0.2, -0.15) is 5.10 Å². The minimum atomic E-state index is 0.577. The Labute approximate surface area is 114 Å². The number of nitrogens with one attached hydrogen (secondary N) is 1. The summed E-state index contributed by atoms with van der Waals surface area (Å²) in [7, 11) is 0. The normalized spacial score (nSPS) is 16.5. The number of aromatic nitrogens is 2. The Morgan fingerprint density at radius 2 is 2.05 bits per heavy atom. The average molecular weight is 255 g/mol. The predicted molar refractivity (Wildman–Crippen MR) is 77.9 cm³/mol. The fourth-order valence-electron chi connectivity index (χ4n) is 2.59. The molecule has 1 fully saturated rings. The molecule has 0 saturated heterocycles. The van der Waals surface area contributed by atoms with E-state index in [0.717, 1.165) is 19.0 Å². The van der Waals surface area contributed by atoms with Crippen LogP contribution >= 0.6 is 0 Å². The Morgan fingerprint density at radius 3 is 2.74 bits per heavy atom. The largest absolute Gasteiger partial charge is 0.312 e. The van der Waals surface area contributed by atoms with Gasteiger partial charge in [0.2, 0.25) is 0 Å². The molecule has 0 aliphatic heterocycles. The summed E-state index contributed by atoms with van der Waals surface area (Å²) in [5.74, 6) is 0.851. The third-order valence-corrected chi connectivity index (χ3v) is 3.78. The smallest absolute Gasteiger partial charge is 0.0568 e. The van der Waals surface area contributed by atoms with Gasteiger partial charge in [0.25, 0.3) is 0 Å². The molecule has 2 aromatic rings. The topological polar surface area (TPSA) is 29.9 Å². The highest BCUT2D eigenvalue weighted by Crippen LogP contribution is 2.33. The van der Waals surface area contributed by atoms with Crippen molar-refractivity contribution in [1.82, 2.24) is 15.1 Å². The highest BCUT2D eigenvalue weighted by Gasteiger charge is 2.30. The van der Waals surface area contributed by atoms with Gasteiger partial charge in [0.15, 0.2) is 0 Å². The summed E-state index contributed by atoms with van der Waals surface area (Å²) in [5, 5.41) is 8.08. The van der Waals surface area contributed by atoms with E-state index in [2.05, 4.69) is 52.5 Å². The van der Waals surface area contributed by atoms with Gasteiger partial charge in [-0.25, -0.2) is 0 Å². The maximum atomic E-state index is 4.50. The average Bonchev–Trinajstić information content (AvgIpc) is 3.19. The van der Waals surface area contributed by atoms with Crippen LogP contribution in [0.3, 0.4) is 0 Å². The van der Waals surface area contributed by atoms with E-state index in [0.29, 0.717) is 6.04 Å². The van der Waals surface area contributed by atoms with E-state index in [1.165, 1.54) is 24.0 Å². The second kappa shape index (κ2) is 5.57. The van der Waals surface area contributed by atoms with Crippen molar-refractivity contribution in [3.8, 4) is 11.1 Å². The number of hydrogen-bond acceptors (Lipinski definition) is 2. The lowest BCUT2D eigenvalue weighted by molar-refractivity contribution is 0.397. The molecule has 0 radical (unpaired) electrons. The van der Waals surface area contributed by atoms with Crippen LogP contribution in [-0.4, -0.2) is 22.4 Å². The van der Waals surface area contributed by atoms with Crippen molar-refractivity contribution in [2.75, 3.05) is 6.54 Å². The second-order valence-corrected chi connectivity index (χ2v) is 5.32. The molecular formula is C16H21N3. The Bertz CT molecular complexity index is 514. The third kappa shape index (κ3) is 3.04. The molecule has 1 unspecified atom stereocenters. The maximum absolute atomic E-state index is 4.50. The summed E-state index contributed by atoms with van der Waals surface area (Å²) in [6.07, 6.45) is 6.85. The second-order valence-electron chi connectivity index (χ2n) is 5.32. The van der Waals surface area contributed by atoms with Crippen molar-refractivity contribution in [2.24, 2.45) is 5.92 Å². The number of nitrogens with zero attached hydrogens (tertiary/aromatic N) is 2. The first-order chi connectivity index (χ1) is 9.36. The maximum Gasteiger partial charge on any atom is 0.0568 e. The molecule has 1 atom stereocenters. The molecule has 1 aromatic carbocycles. The monoisotopic (exact) mass is 255 g/mol. The standard InChI is InChI=1S/C16H21N3/c1-2-17-16(14-8-9-14)12-19-11-15(10-18-19)13-6-4-3-5-7-13/h3-7,10-11,14,16-17H,2,8-9,12H2,1H3. The van der Waals surface area contributed by atoms with Crippen LogP contribution in [0, 0.1) is 5.92 Å². The van der Waals surface area contributed by atoms with Gasteiger partial charge in [0, 0.05) is 17.8 Å². The van der Waals surface area contributed by atoms with Gasteiger partial charge in [-0.3, -0.25) is 4.68 Å². The molecule has 0 amide bonds. The molecule has 0 spiro atoms. The van der Waals surface area contributed by atoms with Crippen LogP contribution in [0.4, 0.5) is 0 Å². The van der Waals surface area contributed by atoms with E-state index in [-0.39, 0.29) is 0 Å². The lowest BCUT2D eigenvalue weighted by Crippen LogP contribution is -2.35. The first kappa shape index (κ1) is 12.4. The van der Waals surface area contributed by atoms with E-state index in [1.807, 2.05) is 12.3 Å².